The predicted molar refractivity (Wildman–Crippen MR) is 70.9 cm³/mol. The van der Waals surface area contributed by atoms with Crippen LogP contribution in [-0.2, 0) is 4.74 Å². The SMILES string of the molecule is CCNC1c2ccccc2OCC1OC1CCC1. The van der Waals surface area contributed by atoms with Gasteiger partial charge in [0.05, 0.1) is 12.1 Å². The van der Waals surface area contributed by atoms with E-state index in [4.69, 9.17) is 9.47 Å². The Morgan fingerprint density at radius 3 is 2.89 bits per heavy atom. The smallest absolute Gasteiger partial charge is 0.124 e. The van der Waals surface area contributed by atoms with Gasteiger partial charge < -0.3 is 14.8 Å². The van der Waals surface area contributed by atoms with Gasteiger partial charge in [-0.3, -0.25) is 0 Å². The van der Waals surface area contributed by atoms with Crippen molar-refractivity contribution < 1.29 is 9.47 Å². The summed E-state index contributed by atoms with van der Waals surface area (Å²) in [4.78, 5) is 0. The van der Waals surface area contributed by atoms with Crippen molar-refractivity contribution in [3.05, 3.63) is 29.8 Å². The Morgan fingerprint density at radius 1 is 1.33 bits per heavy atom. The third kappa shape index (κ3) is 2.25. The van der Waals surface area contributed by atoms with Crippen LogP contribution in [0.2, 0.25) is 0 Å². The topological polar surface area (TPSA) is 30.5 Å². The first-order valence-electron chi connectivity index (χ1n) is 6.99. The summed E-state index contributed by atoms with van der Waals surface area (Å²) >= 11 is 0. The van der Waals surface area contributed by atoms with Crippen molar-refractivity contribution in [1.82, 2.24) is 5.32 Å². The van der Waals surface area contributed by atoms with Gasteiger partial charge in [0.25, 0.3) is 0 Å². The number of benzene rings is 1. The molecule has 0 bridgehead atoms. The lowest BCUT2D eigenvalue weighted by Gasteiger charge is -2.38. The van der Waals surface area contributed by atoms with Gasteiger partial charge in [-0.1, -0.05) is 25.1 Å². The van der Waals surface area contributed by atoms with E-state index in [9.17, 15) is 0 Å². The first-order valence-corrected chi connectivity index (χ1v) is 6.99. The maximum absolute atomic E-state index is 6.16. The third-order valence-corrected chi connectivity index (χ3v) is 3.87. The van der Waals surface area contributed by atoms with Crippen molar-refractivity contribution in [2.45, 2.75) is 44.4 Å². The van der Waals surface area contributed by atoms with Crippen LogP contribution in [-0.4, -0.2) is 25.4 Å². The fourth-order valence-electron chi connectivity index (χ4n) is 2.67. The zero-order valence-electron chi connectivity index (χ0n) is 10.9. The molecule has 0 saturated heterocycles. The summed E-state index contributed by atoms with van der Waals surface area (Å²) in [5.74, 6) is 0.997. The van der Waals surface area contributed by atoms with E-state index < -0.39 is 0 Å². The van der Waals surface area contributed by atoms with Gasteiger partial charge in [0.15, 0.2) is 0 Å². The second-order valence-electron chi connectivity index (χ2n) is 5.11. The van der Waals surface area contributed by atoms with Crippen LogP contribution in [0.15, 0.2) is 24.3 Å². The third-order valence-electron chi connectivity index (χ3n) is 3.87. The van der Waals surface area contributed by atoms with Crippen molar-refractivity contribution in [2.24, 2.45) is 0 Å². The largest absolute Gasteiger partial charge is 0.490 e. The summed E-state index contributed by atoms with van der Waals surface area (Å²) in [5, 5.41) is 3.54. The van der Waals surface area contributed by atoms with E-state index in [2.05, 4.69) is 24.4 Å². The van der Waals surface area contributed by atoms with Crippen LogP contribution in [0.3, 0.4) is 0 Å². The van der Waals surface area contributed by atoms with E-state index in [1.807, 2.05) is 12.1 Å². The highest BCUT2D eigenvalue weighted by atomic mass is 16.5. The molecule has 3 nitrogen and oxygen atoms in total. The molecule has 2 atom stereocenters. The quantitative estimate of drug-likeness (QED) is 0.887. The molecule has 1 aliphatic heterocycles. The molecule has 1 aromatic carbocycles. The molecule has 3 rings (SSSR count). The summed E-state index contributed by atoms with van der Waals surface area (Å²) in [6, 6.07) is 8.53. The maximum Gasteiger partial charge on any atom is 0.124 e. The van der Waals surface area contributed by atoms with Crippen LogP contribution >= 0.6 is 0 Å². The molecule has 1 aromatic rings. The van der Waals surface area contributed by atoms with Crippen molar-refractivity contribution in [2.75, 3.05) is 13.2 Å². The van der Waals surface area contributed by atoms with Gasteiger partial charge in [-0.15, -0.1) is 0 Å². The van der Waals surface area contributed by atoms with Gasteiger partial charge >= 0.3 is 0 Å². The van der Waals surface area contributed by atoms with Gasteiger partial charge in [-0.25, -0.2) is 0 Å². The zero-order valence-corrected chi connectivity index (χ0v) is 10.9. The number of para-hydroxylation sites is 1. The Balaban J connectivity index is 1.78. The number of rotatable bonds is 4. The minimum Gasteiger partial charge on any atom is -0.490 e. The van der Waals surface area contributed by atoms with Crippen molar-refractivity contribution >= 4 is 0 Å². The Morgan fingerprint density at radius 2 is 2.17 bits per heavy atom. The van der Waals surface area contributed by atoms with Crippen molar-refractivity contribution in [1.29, 1.82) is 0 Å². The zero-order chi connectivity index (χ0) is 12.4. The van der Waals surface area contributed by atoms with Gasteiger partial charge in [-0.05, 0) is 31.9 Å². The average Bonchev–Trinajstić information content (AvgIpc) is 2.36. The second kappa shape index (κ2) is 5.29. The predicted octanol–water partition coefficient (Wildman–Crippen LogP) is 2.67. The van der Waals surface area contributed by atoms with Crippen LogP contribution in [0.4, 0.5) is 0 Å². The van der Waals surface area contributed by atoms with Gasteiger partial charge in [0, 0.05) is 5.56 Å². The second-order valence-corrected chi connectivity index (χ2v) is 5.11. The molecule has 0 radical (unpaired) electrons. The number of ether oxygens (including phenoxy) is 2. The molecule has 98 valence electrons. The van der Waals surface area contributed by atoms with Crippen LogP contribution < -0.4 is 10.1 Å². The van der Waals surface area contributed by atoms with Crippen molar-refractivity contribution in [3.8, 4) is 5.75 Å². The van der Waals surface area contributed by atoms with E-state index in [1.165, 1.54) is 24.8 Å². The molecule has 0 spiro atoms. The monoisotopic (exact) mass is 247 g/mol. The number of likely N-dealkylation sites (N-methyl/N-ethyl adjacent to an activating group) is 1. The molecular weight excluding hydrogens is 226 g/mol. The standard InChI is InChI=1S/C15H21NO2/c1-2-16-15-12-8-3-4-9-13(12)17-10-14(15)18-11-6-5-7-11/h3-4,8-9,11,14-16H,2,5-7,10H2,1H3. The van der Waals surface area contributed by atoms with E-state index >= 15 is 0 Å². The molecule has 2 unspecified atom stereocenters. The van der Waals surface area contributed by atoms with Gasteiger partial charge in [0.1, 0.15) is 18.5 Å². The molecule has 1 fully saturated rings. The summed E-state index contributed by atoms with van der Waals surface area (Å²) in [5.41, 5.74) is 1.23. The minimum absolute atomic E-state index is 0.144. The molecule has 18 heavy (non-hydrogen) atoms. The molecule has 1 N–H and O–H groups in total. The lowest BCUT2D eigenvalue weighted by molar-refractivity contribution is -0.0889. The van der Waals surface area contributed by atoms with Crippen LogP contribution in [0, 0.1) is 0 Å². The Kier molecular flexibility index (Phi) is 3.52. The summed E-state index contributed by atoms with van der Waals surface area (Å²) in [7, 11) is 0. The Labute approximate surface area is 108 Å². The van der Waals surface area contributed by atoms with E-state index in [0.717, 1.165) is 12.3 Å². The summed E-state index contributed by atoms with van der Waals surface area (Å²) in [6.45, 7) is 3.74. The molecule has 0 aromatic heterocycles. The number of fused-ring (bicyclic) bond motifs is 1. The Bertz CT molecular complexity index is 403. The molecule has 1 heterocycles. The van der Waals surface area contributed by atoms with Crippen molar-refractivity contribution in [3.63, 3.8) is 0 Å². The highest BCUT2D eigenvalue weighted by molar-refractivity contribution is 5.38. The molecule has 1 saturated carbocycles. The maximum atomic E-state index is 6.16. The van der Waals surface area contributed by atoms with E-state index in [-0.39, 0.29) is 12.1 Å². The molecule has 2 aliphatic rings. The van der Waals surface area contributed by atoms with Crippen LogP contribution in [0.5, 0.6) is 5.75 Å². The molecule has 3 heteroatoms. The first kappa shape index (κ1) is 12.0. The lowest BCUT2D eigenvalue weighted by atomic mass is 9.94. The van der Waals surface area contributed by atoms with Gasteiger partial charge in [-0.2, -0.15) is 0 Å². The Hall–Kier alpha value is -1.06. The minimum atomic E-state index is 0.144. The normalized spacial score (nSPS) is 27.2. The number of nitrogens with one attached hydrogen (secondary N) is 1. The number of hydrogen-bond acceptors (Lipinski definition) is 3. The van der Waals surface area contributed by atoms with Crippen LogP contribution in [0.25, 0.3) is 0 Å². The van der Waals surface area contributed by atoms with E-state index in [0.29, 0.717) is 12.7 Å². The molecule has 1 aliphatic carbocycles. The fourth-order valence-corrected chi connectivity index (χ4v) is 2.67. The average molecular weight is 247 g/mol. The van der Waals surface area contributed by atoms with E-state index in [1.54, 1.807) is 0 Å². The summed E-state index contributed by atoms with van der Waals surface area (Å²) in [6.07, 6.45) is 4.31. The molecule has 0 amide bonds. The fraction of sp³-hybridized carbons (Fsp3) is 0.600. The lowest BCUT2D eigenvalue weighted by Crippen LogP contribution is -2.44. The summed E-state index contributed by atoms with van der Waals surface area (Å²) < 4.78 is 12.0. The van der Waals surface area contributed by atoms with Crippen LogP contribution in [0.1, 0.15) is 37.8 Å². The molecular formula is C15H21NO2. The highest BCUT2D eigenvalue weighted by Crippen LogP contribution is 2.35. The first-order chi connectivity index (χ1) is 8.88. The highest BCUT2D eigenvalue weighted by Gasteiger charge is 2.34. The number of hydrogen-bond donors (Lipinski definition) is 1. The van der Waals surface area contributed by atoms with Gasteiger partial charge in [0.2, 0.25) is 0 Å².